The molecule has 4 heteroatoms. The van der Waals surface area contributed by atoms with Gasteiger partial charge in [0, 0.05) is 31.7 Å². The second kappa shape index (κ2) is 6.00. The number of aryl methyl sites for hydroxylation is 1. The van der Waals surface area contributed by atoms with E-state index in [4.69, 9.17) is 0 Å². The van der Waals surface area contributed by atoms with Crippen LogP contribution in [-0.2, 0) is 6.54 Å². The van der Waals surface area contributed by atoms with Crippen LogP contribution in [0, 0.1) is 6.92 Å². The summed E-state index contributed by atoms with van der Waals surface area (Å²) in [6.07, 6.45) is 3.43. The zero-order chi connectivity index (χ0) is 13.7. The Balaban J connectivity index is 2.08. The van der Waals surface area contributed by atoms with E-state index < -0.39 is 0 Å². The third kappa shape index (κ3) is 3.31. The molecule has 0 aliphatic rings. The van der Waals surface area contributed by atoms with Crippen LogP contribution in [0.4, 0.5) is 5.69 Å². The average Bonchev–Trinajstić information content (AvgIpc) is 2.45. The summed E-state index contributed by atoms with van der Waals surface area (Å²) in [4.78, 5) is 16.1. The van der Waals surface area contributed by atoms with E-state index in [2.05, 4.69) is 15.6 Å². The van der Waals surface area contributed by atoms with Crippen LogP contribution in [0.1, 0.15) is 21.5 Å². The lowest BCUT2D eigenvalue weighted by Gasteiger charge is -2.10. The fraction of sp³-hybridized carbons (Fsp3) is 0.200. The number of amides is 1. The molecule has 0 saturated carbocycles. The minimum Gasteiger partial charge on any atom is -0.387 e. The molecule has 0 unspecified atom stereocenters. The third-order valence-electron chi connectivity index (χ3n) is 2.89. The molecule has 0 spiro atoms. The van der Waals surface area contributed by atoms with Crippen LogP contribution in [0.25, 0.3) is 0 Å². The van der Waals surface area contributed by atoms with Crippen LogP contribution in [0.5, 0.6) is 0 Å². The lowest BCUT2D eigenvalue weighted by Crippen LogP contribution is -2.23. The largest absolute Gasteiger partial charge is 0.387 e. The maximum absolute atomic E-state index is 12.1. The van der Waals surface area contributed by atoms with Crippen LogP contribution in [0.15, 0.2) is 42.7 Å². The summed E-state index contributed by atoms with van der Waals surface area (Å²) in [5, 5.41) is 5.95. The lowest BCUT2D eigenvalue weighted by molar-refractivity contribution is 0.0951. The van der Waals surface area contributed by atoms with Gasteiger partial charge in [0.25, 0.3) is 5.91 Å². The van der Waals surface area contributed by atoms with Crippen molar-refractivity contribution >= 4 is 11.6 Å². The number of anilines is 1. The van der Waals surface area contributed by atoms with Crippen molar-refractivity contribution in [2.75, 3.05) is 12.4 Å². The standard InChI is InChI=1S/C15H17N3O/c1-11-3-4-13(14(9-11)16-2)15(19)18-10-12-5-7-17-8-6-12/h3-9,16H,10H2,1-2H3,(H,18,19). The van der Waals surface area contributed by atoms with E-state index in [1.54, 1.807) is 12.4 Å². The number of pyridine rings is 1. The smallest absolute Gasteiger partial charge is 0.253 e. The van der Waals surface area contributed by atoms with E-state index in [1.165, 1.54) is 0 Å². The van der Waals surface area contributed by atoms with Gasteiger partial charge < -0.3 is 10.6 Å². The highest BCUT2D eigenvalue weighted by Gasteiger charge is 2.10. The molecule has 4 nitrogen and oxygen atoms in total. The molecule has 0 bridgehead atoms. The Hall–Kier alpha value is -2.36. The lowest BCUT2D eigenvalue weighted by atomic mass is 10.1. The molecule has 0 saturated heterocycles. The third-order valence-corrected chi connectivity index (χ3v) is 2.89. The summed E-state index contributed by atoms with van der Waals surface area (Å²) in [6, 6.07) is 9.50. The molecule has 1 heterocycles. The van der Waals surface area contributed by atoms with E-state index in [0.717, 1.165) is 16.8 Å². The number of carbonyl (C=O) groups is 1. The van der Waals surface area contributed by atoms with E-state index >= 15 is 0 Å². The number of rotatable bonds is 4. The highest BCUT2D eigenvalue weighted by molar-refractivity contribution is 5.99. The first kappa shape index (κ1) is 13.1. The fourth-order valence-corrected chi connectivity index (χ4v) is 1.84. The zero-order valence-electron chi connectivity index (χ0n) is 11.1. The van der Waals surface area contributed by atoms with Gasteiger partial charge in [0.2, 0.25) is 0 Å². The van der Waals surface area contributed by atoms with E-state index in [0.29, 0.717) is 12.1 Å². The molecule has 2 N–H and O–H groups in total. The number of hydrogen-bond donors (Lipinski definition) is 2. The summed E-state index contributed by atoms with van der Waals surface area (Å²) in [5.41, 5.74) is 3.64. The van der Waals surface area contributed by atoms with Gasteiger partial charge in [-0.3, -0.25) is 9.78 Å². The summed E-state index contributed by atoms with van der Waals surface area (Å²) in [6.45, 7) is 2.50. The molecule has 1 amide bonds. The molecule has 2 rings (SSSR count). The molecular formula is C15H17N3O. The maximum Gasteiger partial charge on any atom is 0.253 e. The summed E-state index contributed by atoms with van der Waals surface area (Å²) in [7, 11) is 1.81. The summed E-state index contributed by atoms with van der Waals surface area (Å²) >= 11 is 0. The van der Waals surface area contributed by atoms with Gasteiger partial charge in [-0.25, -0.2) is 0 Å². The Morgan fingerprint density at radius 1 is 1.21 bits per heavy atom. The maximum atomic E-state index is 12.1. The second-order valence-corrected chi connectivity index (χ2v) is 4.34. The molecule has 0 atom stereocenters. The van der Waals surface area contributed by atoms with Crippen molar-refractivity contribution in [1.82, 2.24) is 10.3 Å². The Morgan fingerprint density at radius 3 is 2.63 bits per heavy atom. The molecule has 0 aliphatic carbocycles. The monoisotopic (exact) mass is 255 g/mol. The normalized spacial score (nSPS) is 10.0. The van der Waals surface area contributed by atoms with Crippen LogP contribution >= 0.6 is 0 Å². The number of nitrogens with zero attached hydrogens (tertiary/aromatic N) is 1. The van der Waals surface area contributed by atoms with Crippen molar-refractivity contribution in [2.24, 2.45) is 0 Å². The molecule has 2 aromatic rings. The number of carbonyl (C=O) groups excluding carboxylic acids is 1. The van der Waals surface area contributed by atoms with Crippen LogP contribution in [0.2, 0.25) is 0 Å². The first-order chi connectivity index (χ1) is 9.20. The van der Waals surface area contributed by atoms with Crippen molar-refractivity contribution in [3.05, 3.63) is 59.4 Å². The minimum absolute atomic E-state index is 0.0823. The number of hydrogen-bond acceptors (Lipinski definition) is 3. The first-order valence-corrected chi connectivity index (χ1v) is 6.16. The number of aromatic nitrogens is 1. The SMILES string of the molecule is CNc1cc(C)ccc1C(=O)NCc1ccncc1. The average molecular weight is 255 g/mol. The van der Waals surface area contributed by atoms with Crippen molar-refractivity contribution in [3.8, 4) is 0 Å². The van der Waals surface area contributed by atoms with E-state index in [9.17, 15) is 4.79 Å². The summed E-state index contributed by atoms with van der Waals surface area (Å²) in [5.74, 6) is -0.0823. The molecule has 1 aromatic carbocycles. The quantitative estimate of drug-likeness (QED) is 0.881. The molecule has 0 aliphatic heterocycles. The van der Waals surface area contributed by atoms with E-state index in [-0.39, 0.29) is 5.91 Å². The Morgan fingerprint density at radius 2 is 1.95 bits per heavy atom. The van der Waals surface area contributed by atoms with Crippen molar-refractivity contribution in [1.29, 1.82) is 0 Å². The minimum atomic E-state index is -0.0823. The highest BCUT2D eigenvalue weighted by atomic mass is 16.1. The highest BCUT2D eigenvalue weighted by Crippen LogP contribution is 2.16. The Bertz CT molecular complexity index is 567. The van der Waals surface area contributed by atoms with Crippen LogP contribution in [0.3, 0.4) is 0 Å². The van der Waals surface area contributed by atoms with Gasteiger partial charge in [0.15, 0.2) is 0 Å². The van der Waals surface area contributed by atoms with Crippen molar-refractivity contribution in [3.63, 3.8) is 0 Å². The van der Waals surface area contributed by atoms with Crippen LogP contribution < -0.4 is 10.6 Å². The molecule has 19 heavy (non-hydrogen) atoms. The second-order valence-electron chi connectivity index (χ2n) is 4.34. The Labute approximate surface area is 112 Å². The fourth-order valence-electron chi connectivity index (χ4n) is 1.84. The molecular weight excluding hydrogens is 238 g/mol. The van der Waals surface area contributed by atoms with Gasteiger partial charge in [-0.05, 0) is 42.3 Å². The van der Waals surface area contributed by atoms with Gasteiger partial charge in [-0.2, -0.15) is 0 Å². The van der Waals surface area contributed by atoms with E-state index in [1.807, 2.05) is 44.3 Å². The van der Waals surface area contributed by atoms with Crippen molar-refractivity contribution < 1.29 is 4.79 Å². The number of benzene rings is 1. The van der Waals surface area contributed by atoms with Gasteiger partial charge in [-0.1, -0.05) is 6.07 Å². The Kier molecular flexibility index (Phi) is 4.13. The van der Waals surface area contributed by atoms with Crippen molar-refractivity contribution in [2.45, 2.75) is 13.5 Å². The predicted molar refractivity (Wildman–Crippen MR) is 76.1 cm³/mol. The van der Waals surface area contributed by atoms with Gasteiger partial charge in [0.05, 0.1) is 5.56 Å². The first-order valence-electron chi connectivity index (χ1n) is 6.16. The molecule has 0 radical (unpaired) electrons. The predicted octanol–water partition coefficient (Wildman–Crippen LogP) is 2.36. The van der Waals surface area contributed by atoms with Crippen LogP contribution in [-0.4, -0.2) is 17.9 Å². The number of nitrogens with one attached hydrogen (secondary N) is 2. The van der Waals surface area contributed by atoms with Gasteiger partial charge in [0.1, 0.15) is 0 Å². The van der Waals surface area contributed by atoms with Gasteiger partial charge in [-0.15, -0.1) is 0 Å². The molecule has 98 valence electrons. The molecule has 0 fully saturated rings. The molecule has 1 aromatic heterocycles. The summed E-state index contributed by atoms with van der Waals surface area (Å²) < 4.78 is 0. The van der Waals surface area contributed by atoms with Gasteiger partial charge >= 0.3 is 0 Å². The zero-order valence-corrected chi connectivity index (χ0v) is 11.1. The topological polar surface area (TPSA) is 54.0 Å².